The number of nitrogens with zero attached hydrogens (tertiary/aromatic N) is 4. The monoisotopic (exact) mass is 600 g/mol. The summed E-state index contributed by atoms with van der Waals surface area (Å²) in [5.41, 5.74) is 2.24. The topological polar surface area (TPSA) is 105 Å². The first-order valence-corrected chi connectivity index (χ1v) is 15.9. The van der Waals surface area contributed by atoms with Gasteiger partial charge in [-0.2, -0.15) is 0 Å². The number of piperazine rings is 2. The number of amides is 4. The number of fused-ring (bicyclic) bond motifs is 11. The van der Waals surface area contributed by atoms with Crippen molar-refractivity contribution in [2.75, 3.05) is 24.7 Å². The van der Waals surface area contributed by atoms with Crippen molar-refractivity contribution in [2.45, 2.75) is 69.3 Å². The van der Waals surface area contributed by atoms with Crippen LogP contribution in [0.4, 0.5) is 11.4 Å². The van der Waals surface area contributed by atoms with Crippen molar-refractivity contribution in [3.05, 3.63) is 59.7 Å². The number of anilines is 2. The quantitative estimate of drug-likeness (QED) is 0.513. The van der Waals surface area contributed by atoms with E-state index in [2.05, 4.69) is 22.8 Å². The molecule has 1 unspecified atom stereocenters. The van der Waals surface area contributed by atoms with Gasteiger partial charge in [-0.1, -0.05) is 59.9 Å². The maximum atomic E-state index is 14.3. The highest BCUT2D eigenvalue weighted by atomic mass is 32.2. The lowest BCUT2D eigenvalue weighted by Gasteiger charge is -2.48. The van der Waals surface area contributed by atoms with Gasteiger partial charge in [-0.05, 0) is 37.1 Å². The van der Waals surface area contributed by atoms with Crippen LogP contribution < -0.4 is 10.6 Å². The van der Waals surface area contributed by atoms with Crippen LogP contribution in [-0.2, 0) is 30.0 Å². The number of carbonyl (C=O) groups excluding carboxylic acids is 4. The summed E-state index contributed by atoms with van der Waals surface area (Å²) in [7, 11) is 3.45. The lowest BCUT2D eigenvalue weighted by molar-refractivity contribution is -0.158. The summed E-state index contributed by atoms with van der Waals surface area (Å²) < 4.78 is 0. The van der Waals surface area contributed by atoms with Crippen LogP contribution in [0, 0.1) is 0 Å². The van der Waals surface area contributed by atoms with Gasteiger partial charge in [0.15, 0.2) is 19.5 Å². The Kier molecular flexibility index (Phi) is 3.69. The summed E-state index contributed by atoms with van der Waals surface area (Å²) in [6.45, 7) is 3.69. The molecule has 0 radical (unpaired) electrons. The lowest BCUT2D eigenvalue weighted by atomic mass is 9.54. The number of nitrogens with one attached hydrogen (secondary N) is 2. The van der Waals surface area contributed by atoms with Gasteiger partial charge in [-0.15, -0.1) is 0 Å². The van der Waals surface area contributed by atoms with Crippen LogP contribution in [-0.4, -0.2) is 89.1 Å². The summed E-state index contributed by atoms with van der Waals surface area (Å²) in [5.74, 6) is -0.303. The number of carbonyl (C=O) groups is 4. The van der Waals surface area contributed by atoms with Gasteiger partial charge in [0.2, 0.25) is 0 Å². The zero-order valence-corrected chi connectivity index (χ0v) is 25.1. The van der Waals surface area contributed by atoms with Gasteiger partial charge in [-0.25, -0.2) is 0 Å². The van der Waals surface area contributed by atoms with Gasteiger partial charge in [-0.3, -0.25) is 29.0 Å². The maximum absolute atomic E-state index is 14.3. The molecular weight excluding hydrogens is 573 g/mol. The molecule has 2 aromatic rings. The zero-order chi connectivity index (χ0) is 29.0. The van der Waals surface area contributed by atoms with E-state index in [-0.39, 0.29) is 23.6 Å². The van der Waals surface area contributed by atoms with Gasteiger partial charge in [0.25, 0.3) is 23.6 Å². The molecule has 10 rings (SSSR count). The largest absolute Gasteiger partial charge is 0.364 e. The molecule has 42 heavy (non-hydrogen) atoms. The Hall–Kier alpha value is -3.38. The van der Waals surface area contributed by atoms with Crippen LogP contribution in [0.2, 0.25) is 0 Å². The molecule has 10 nitrogen and oxygen atoms in total. The van der Waals surface area contributed by atoms with Crippen LogP contribution in [0.15, 0.2) is 48.5 Å². The normalized spacial score (nSPS) is 46.2. The molecule has 8 heterocycles. The smallest absolute Gasteiger partial charge is 0.262 e. The van der Waals surface area contributed by atoms with Gasteiger partial charge >= 0.3 is 0 Å². The molecule has 214 valence electrons. The van der Waals surface area contributed by atoms with Crippen molar-refractivity contribution in [3.63, 3.8) is 0 Å². The number of para-hydroxylation sites is 2. The Morgan fingerprint density at radius 2 is 1.02 bits per heavy atom. The third kappa shape index (κ3) is 1.92. The van der Waals surface area contributed by atoms with Gasteiger partial charge in [0.1, 0.15) is 12.3 Å². The van der Waals surface area contributed by atoms with E-state index in [9.17, 15) is 19.2 Å². The SMILES string of the molecule is CN1C(=O)[C@@]23CC4([C@]56C[C@@]78S[C@@](C)(C(=O)N7[C@H]5Nc5ccccc56)N(C)C8=O)c5ccccc5N[C@@H]4N2C(=O)[C@]1(C)S3. The second kappa shape index (κ2) is 6.42. The van der Waals surface area contributed by atoms with Crippen molar-refractivity contribution in [3.8, 4) is 0 Å². The maximum Gasteiger partial charge on any atom is 0.262 e. The number of hydrogen-bond donors (Lipinski definition) is 2. The zero-order valence-electron chi connectivity index (χ0n) is 23.4. The Morgan fingerprint density at radius 1 is 0.643 bits per heavy atom. The Bertz CT molecular complexity index is 1660. The number of rotatable bonds is 1. The summed E-state index contributed by atoms with van der Waals surface area (Å²) in [6.07, 6.45) is -0.329. The van der Waals surface area contributed by atoms with E-state index in [0.29, 0.717) is 12.8 Å². The third-order valence-electron chi connectivity index (χ3n) is 12.0. The van der Waals surface area contributed by atoms with Crippen molar-refractivity contribution in [1.82, 2.24) is 19.6 Å². The first-order chi connectivity index (χ1) is 19.9. The Balaban J connectivity index is 1.30. The van der Waals surface area contributed by atoms with E-state index in [1.165, 1.54) is 23.5 Å². The summed E-state index contributed by atoms with van der Waals surface area (Å²) in [6, 6.07) is 16.2. The molecule has 8 atom stereocenters. The van der Waals surface area contributed by atoms with E-state index in [4.69, 9.17) is 0 Å². The minimum absolute atomic E-state index is 0.0683. The summed E-state index contributed by atoms with van der Waals surface area (Å²) >= 11 is 2.89. The van der Waals surface area contributed by atoms with E-state index >= 15 is 0 Å². The fraction of sp³-hybridized carbons (Fsp3) is 0.467. The van der Waals surface area contributed by atoms with Crippen LogP contribution in [0.3, 0.4) is 0 Å². The van der Waals surface area contributed by atoms with Crippen molar-refractivity contribution >= 4 is 58.5 Å². The molecule has 0 aliphatic carbocycles. The van der Waals surface area contributed by atoms with E-state index in [1.54, 1.807) is 23.9 Å². The van der Waals surface area contributed by atoms with Crippen LogP contribution in [0.5, 0.6) is 0 Å². The highest BCUT2D eigenvalue weighted by Crippen LogP contribution is 2.78. The molecule has 0 saturated carbocycles. The molecular formula is C30H28N6O4S2. The molecule has 2 spiro atoms. The number of likely N-dealkylation sites (N-methyl/N-ethyl adjacent to an activating group) is 2. The predicted molar refractivity (Wildman–Crippen MR) is 157 cm³/mol. The van der Waals surface area contributed by atoms with Gasteiger partial charge in [0, 0.05) is 38.3 Å². The van der Waals surface area contributed by atoms with Crippen molar-refractivity contribution in [2.24, 2.45) is 0 Å². The molecule has 4 amide bonds. The van der Waals surface area contributed by atoms with Crippen molar-refractivity contribution < 1.29 is 19.2 Å². The van der Waals surface area contributed by atoms with E-state index < -0.39 is 42.6 Å². The first-order valence-electron chi connectivity index (χ1n) is 14.3. The molecule has 8 aliphatic heterocycles. The third-order valence-corrected chi connectivity index (χ3v) is 15.4. The standard InChI is InChI=1S/C30H28N6O4S2/c1-25-21(37)35-19-27(15-9-5-7-11-17(15)31-19,13-29(35,41-25)23(39)33(25)3)28-14-30-24(40)34(4)26(2,42-30)22(38)36(30)20(28)32-18-12-8-6-10-16(18)28/h5-12,19-20,31-32H,13-14H2,1-4H3/t19-,20-,25+,26+,27+,28?,29+,30+/m1/s1. The number of thioether (sulfide) groups is 2. The average Bonchev–Trinajstić information content (AvgIpc) is 3.78. The Labute approximate surface area is 250 Å². The summed E-state index contributed by atoms with van der Waals surface area (Å²) in [4.78, 5) is 59.8. The second-order valence-corrected chi connectivity index (χ2v) is 16.6. The molecule has 2 N–H and O–H groups in total. The fourth-order valence-electron chi connectivity index (χ4n) is 10.1. The van der Waals surface area contributed by atoms with Gasteiger partial charge < -0.3 is 20.4 Å². The Morgan fingerprint density at radius 3 is 1.43 bits per heavy atom. The van der Waals surface area contributed by atoms with Gasteiger partial charge in [0.05, 0.1) is 10.8 Å². The van der Waals surface area contributed by atoms with E-state index in [0.717, 1.165) is 22.5 Å². The number of hydrogen-bond acceptors (Lipinski definition) is 8. The van der Waals surface area contributed by atoms with Crippen LogP contribution >= 0.6 is 23.5 Å². The average molecular weight is 601 g/mol. The van der Waals surface area contributed by atoms with Crippen LogP contribution in [0.1, 0.15) is 37.8 Å². The van der Waals surface area contributed by atoms with Crippen LogP contribution in [0.25, 0.3) is 0 Å². The minimum atomic E-state index is -1.09. The fourth-order valence-corrected chi connectivity index (χ4v) is 13.9. The molecule has 0 aromatic heterocycles. The molecule has 8 aliphatic rings. The highest BCUT2D eigenvalue weighted by molar-refractivity contribution is 8.04. The van der Waals surface area contributed by atoms with E-state index in [1.807, 2.05) is 60.0 Å². The van der Waals surface area contributed by atoms with Crippen molar-refractivity contribution in [1.29, 1.82) is 0 Å². The summed E-state index contributed by atoms with van der Waals surface area (Å²) in [5, 5.41) is 7.44. The molecule has 4 bridgehead atoms. The first kappa shape index (κ1) is 24.1. The molecule has 2 aromatic carbocycles. The molecule has 6 saturated heterocycles. The minimum Gasteiger partial charge on any atom is -0.364 e. The second-order valence-electron chi connectivity index (χ2n) is 13.3. The number of benzene rings is 2. The molecule has 12 heteroatoms. The lowest BCUT2D eigenvalue weighted by Crippen LogP contribution is -2.66. The highest BCUT2D eigenvalue weighted by Gasteiger charge is 2.89. The molecule has 6 fully saturated rings. The predicted octanol–water partition coefficient (Wildman–Crippen LogP) is 2.09.